The summed E-state index contributed by atoms with van der Waals surface area (Å²) >= 11 is 0. The first kappa shape index (κ1) is 23.3. The Labute approximate surface area is 195 Å². The number of piperidine rings is 1. The van der Waals surface area contributed by atoms with Gasteiger partial charge in [-0.15, -0.1) is 5.92 Å². The fourth-order valence-electron chi connectivity index (χ4n) is 4.41. The van der Waals surface area contributed by atoms with Crippen LogP contribution in [0.4, 0.5) is 13.6 Å². The Balaban J connectivity index is 1.74. The van der Waals surface area contributed by atoms with E-state index in [1.807, 2.05) is 4.58 Å². The van der Waals surface area contributed by atoms with Crippen molar-refractivity contribution in [3.63, 3.8) is 0 Å². The van der Waals surface area contributed by atoms with Crippen molar-refractivity contribution in [1.82, 2.24) is 14.7 Å². The van der Waals surface area contributed by atoms with Crippen LogP contribution < -0.4 is 5.73 Å². The van der Waals surface area contributed by atoms with Gasteiger partial charge in [0.05, 0.1) is 31.3 Å². The standard InChI is InChI=1S/C23H24F2N7O2/c1-3-4-8-31-19-20(28-22(31)30-7-5-6-16(27)13-30)29(2)23(34)32(21(19)33)12-15-10-18(25)17(24)9-14(15)11-26/h9-10,16,19H,5-8,12-13,27H2,1-2H3/q+1/t16-,19?/m1/s1. The highest BCUT2D eigenvalue weighted by Gasteiger charge is 2.56. The zero-order valence-electron chi connectivity index (χ0n) is 18.9. The quantitative estimate of drug-likeness (QED) is 0.522. The molecule has 2 saturated heterocycles. The van der Waals surface area contributed by atoms with Gasteiger partial charge in [0, 0.05) is 13.1 Å². The van der Waals surface area contributed by atoms with Crippen LogP contribution >= 0.6 is 0 Å². The lowest BCUT2D eigenvalue weighted by Gasteiger charge is -2.35. The summed E-state index contributed by atoms with van der Waals surface area (Å²) in [6.07, 6.45) is 1.76. The number of likely N-dealkylation sites (N-methyl/N-ethyl adjacent to an activating group) is 1. The minimum atomic E-state index is -1.18. The molecule has 9 nitrogen and oxygen atoms in total. The molecule has 3 aliphatic rings. The Morgan fingerprint density at radius 3 is 2.71 bits per heavy atom. The predicted molar refractivity (Wildman–Crippen MR) is 118 cm³/mol. The second-order valence-electron chi connectivity index (χ2n) is 8.38. The molecule has 0 saturated carbocycles. The Bertz CT molecular complexity index is 1220. The van der Waals surface area contributed by atoms with Crippen LogP contribution in [0.25, 0.3) is 0 Å². The van der Waals surface area contributed by atoms with Crippen LogP contribution in [0, 0.1) is 34.8 Å². The van der Waals surface area contributed by atoms with E-state index >= 15 is 0 Å². The van der Waals surface area contributed by atoms with E-state index in [0.29, 0.717) is 19.0 Å². The fourth-order valence-corrected chi connectivity index (χ4v) is 4.41. The number of rotatable bonds is 3. The van der Waals surface area contributed by atoms with E-state index in [1.54, 1.807) is 17.9 Å². The van der Waals surface area contributed by atoms with E-state index in [-0.39, 0.29) is 36.1 Å². The summed E-state index contributed by atoms with van der Waals surface area (Å²) in [4.78, 5) is 35.3. The summed E-state index contributed by atoms with van der Waals surface area (Å²) in [6, 6.07) is 1.74. The maximum absolute atomic E-state index is 13.9. The number of nitrogens with zero attached hydrogens (tertiary/aromatic N) is 6. The van der Waals surface area contributed by atoms with Gasteiger partial charge in [-0.3, -0.25) is 19.2 Å². The SMILES string of the molecule is CC#CCN1C(=[N+]2CCC[C@@H](N)C2)N=C2C1C(=O)N(Cc1cc(F)c(F)cc1C#N)C(=O)N2C. The minimum absolute atomic E-state index is 0.0287. The summed E-state index contributed by atoms with van der Waals surface area (Å²) < 4.78 is 29.5. The number of nitriles is 1. The third-order valence-corrected chi connectivity index (χ3v) is 6.15. The van der Waals surface area contributed by atoms with E-state index < -0.39 is 29.6 Å². The predicted octanol–water partition coefficient (Wildman–Crippen LogP) is 0.826. The number of carbonyl (C=O) groups excluding carboxylic acids is 2. The van der Waals surface area contributed by atoms with Crippen LogP contribution in [0.3, 0.4) is 0 Å². The molecule has 1 aromatic rings. The lowest BCUT2D eigenvalue weighted by molar-refractivity contribution is -0.544. The van der Waals surface area contributed by atoms with Crippen molar-refractivity contribution in [2.45, 2.75) is 38.4 Å². The number of amides is 3. The van der Waals surface area contributed by atoms with Crippen molar-refractivity contribution in [3.05, 3.63) is 34.9 Å². The average Bonchev–Trinajstić information content (AvgIpc) is 3.20. The second kappa shape index (κ2) is 9.20. The number of urea groups is 1. The van der Waals surface area contributed by atoms with Crippen molar-refractivity contribution in [2.75, 3.05) is 26.7 Å². The first-order valence-electron chi connectivity index (χ1n) is 10.9. The number of guanidine groups is 1. The monoisotopic (exact) mass is 468 g/mol. The van der Waals surface area contributed by atoms with E-state index in [4.69, 9.17) is 5.73 Å². The molecule has 1 unspecified atom stereocenters. The molecule has 4 rings (SSSR count). The number of halogens is 2. The molecule has 0 spiro atoms. The van der Waals surface area contributed by atoms with Gasteiger partial charge in [0.25, 0.3) is 5.91 Å². The van der Waals surface area contributed by atoms with Gasteiger partial charge in [0.15, 0.2) is 11.6 Å². The van der Waals surface area contributed by atoms with E-state index in [2.05, 4.69) is 16.8 Å². The molecule has 3 heterocycles. The number of carbonyl (C=O) groups is 2. The third kappa shape index (κ3) is 3.99. The molecular formula is C23H24F2N7O2+. The van der Waals surface area contributed by atoms with Crippen LogP contribution in [0.5, 0.6) is 0 Å². The minimum Gasteiger partial charge on any atom is -0.325 e. The van der Waals surface area contributed by atoms with E-state index in [0.717, 1.165) is 29.9 Å². The summed E-state index contributed by atoms with van der Waals surface area (Å²) in [6.45, 7) is 2.77. The maximum Gasteiger partial charge on any atom is 0.393 e. The summed E-state index contributed by atoms with van der Waals surface area (Å²) in [7, 11) is 1.50. The Morgan fingerprint density at radius 1 is 1.29 bits per heavy atom. The zero-order valence-corrected chi connectivity index (χ0v) is 18.9. The number of imide groups is 1. The van der Waals surface area contributed by atoms with Crippen molar-refractivity contribution in [2.24, 2.45) is 10.7 Å². The molecular weight excluding hydrogens is 444 g/mol. The number of hydrogen-bond donors (Lipinski definition) is 1. The number of hydrogen-bond acceptors (Lipinski definition) is 4. The van der Waals surface area contributed by atoms with Crippen LogP contribution in [0.15, 0.2) is 17.1 Å². The molecule has 11 heteroatoms. The van der Waals surface area contributed by atoms with Gasteiger partial charge in [0.1, 0.15) is 6.54 Å². The average molecular weight is 468 g/mol. The summed E-state index contributed by atoms with van der Waals surface area (Å²) in [5.74, 6) is 3.65. The zero-order chi connectivity index (χ0) is 24.6. The number of aliphatic imine (C=N–C) groups is 1. The molecule has 3 amide bonds. The van der Waals surface area contributed by atoms with E-state index in [1.165, 1.54) is 11.9 Å². The van der Waals surface area contributed by atoms with E-state index in [9.17, 15) is 23.6 Å². The molecule has 0 aromatic heterocycles. The first-order chi connectivity index (χ1) is 16.3. The number of benzene rings is 1. The normalized spacial score (nSPS) is 24.5. The molecule has 0 radical (unpaired) electrons. The van der Waals surface area contributed by atoms with Crippen LogP contribution in [-0.4, -0.2) is 81.8 Å². The van der Waals surface area contributed by atoms with Gasteiger partial charge in [0.2, 0.25) is 11.9 Å². The largest absolute Gasteiger partial charge is 0.393 e. The van der Waals surface area contributed by atoms with Gasteiger partial charge in [-0.05, 0) is 37.5 Å². The van der Waals surface area contributed by atoms with Gasteiger partial charge in [-0.1, -0.05) is 10.9 Å². The van der Waals surface area contributed by atoms with Crippen LogP contribution in [0.2, 0.25) is 0 Å². The topological polar surface area (TPSA) is 109 Å². The third-order valence-electron chi connectivity index (χ3n) is 6.15. The van der Waals surface area contributed by atoms with Gasteiger partial charge in [-0.2, -0.15) is 5.26 Å². The molecule has 1 aromatic carbocycles. The molecule has 2 fully saturated rings. The molecule has 0 aliphatic carbocycles. The molecule has 34 heavy (non-hydrogen) atoms. The first-order valence-corrected chi connectivity index (χ1v) is 10.9. The van der Waals surface area contributed by atoms with Gasteiger partial charge >= 0.3 is 12.0 Å². The second-order valence-corrected chi connectivity index (χ2v) is 8.38. The highest BCUT2D eigenvalue weighted by Crippen LogP contribution is 2.26. The van der Waals surface area contributed by atoms with Crippen LogP contribution in [-0.2, 0) is 11.3 Å². The van der Waals surface area contributed by atoms with Gasteiger partial charge in [-0.25, -0.2) is 18.5 Å². The van der Waals surface area contributed by atoms with Crippen molar-refractivity contribution in [3.8, 4) is 17.9 Å². The number of fused-ring (bicyclic) bond motifs is 1. The smallest absolute Gasteiger partial charge is 0.325 e. The molecule has 0 bridgehead atoms. The number of amidine groups is 1. The Hall–Kier alpha value is -3.83. The van der Waals surface area contributed by atoms with Gasteiger partial charge < -0.3 is 5.73 Å². The van der Waals surface area contributed by atoms with Crippen molar-refractivity contribution >= 4 is 23.7 Å². The lowest BCUT2D eigenvalue weighted by atomic mass is 10.1. The van der Waals surface area contributed by atoms with Crippen molar-refractivity contribution in [1.29, 1.82) is 5.26 Å². The summed E-state index contributed by atoms with van der Waals surface area (Å²) in [5.41, 5.74) is 6.02. The maximum atomic E-state index is 13.9. The Kier molecular flexibility index (Phi) is 6.31. The highest BCUT2D eigenvalue weighted by molar-refractivity contribution is 6.25. The van der Waals surface area contributed by atoms with Crippen molar-refractivity contribution < 1.29 is 22.9 Å². The van der Waals surface area contributed by atoms with Crippen LogP contribution in [0.1, 0.15) is 30.9 Å². The molecule has 3 aliphatic heterocycles. The fraction of sp³-hybridized carbons (Fsp3) is 0.435. The molecule has 2 N–H and O–H groups in total. The highest BCUT2D eigenvalue weighted by atomic mass is 19.2. The molecule has 176 valence electrons. The Morgan fingerprint density at radius 2 is 2.03 bits per heavy atom. The number of nitrogens with two attached hydrogens (primary N) is 1. The lowest BCUT2D eigenvalue weighted by Crippen LogP contribution is -2.63. The summed E-state index contributed by atoms with van der Waals surface area (Å²) in [5, 5.41) is 9.34. The molecule has 2 atom stereocenters.